The van der Waals surface area contributed by atoms with Crippen molar-refractivity contribution in [2.24, 2.45) is 5.73 Å². The number of oxazole rings is 1. The van der Waals surface area contributed by atoms with Gasteiger partial charge in [0.15, 0.2) is 5.58 Å². The van der Waals surface area contributed by atoms with Gasteiger partial charge in [-0.3, -0.25) is 4.57 Å². The molecule has 3 aromatic rings. The number of fused-ring (bicyclic) bond motifs is 1. The van der Waals surface area contributed by atoms with Gasteiger partial charge in [-0.15, -0.1) is 0 Å². The van der Waals surface area contributed by atoms with Gasteiger partial charge in [-0.2, -0.15) is 0 Å². The summed E-state index contributed by atoms with van der Waals surface area (Å²) in [6.07, 6.45) is 0. The largest absolute Gasteiger partial charge is 0.491 e. The predicted octanol–water partition coefficient (Wildman–Crippen LogP) is 2.13. The lowest BCUT2D eigenvalue weighted by atomic mass is 10.2. The summed E-state index contributed by atoms with van der Waals surface area (Å²) < 4.78 is 12.5. The quantitative estimate of drug-likeness (QED) is 0.779. The molecule has 0 radical (unpaired) electrons. The van der Waals surface area contributed by atoms with E-state index in [1.807, 2.05) is 42.5 Å². The smallest absolute Gasteiger partial charge is 0.420 e. The Balaban J connectivity index is 1.75. The molecule has 0 spiro atoms. The molecule has 0 aliphatic heterocycles. The average Bonchev–Trinajstić information content (AvgIpc) is 2.84. The number of hydrogen-bond acceptors (Lipinski definition) is 4. The van der Waals surface area contributed by atoms with E-state index in [1.165, 1.54) is 0 Å². The Hall–Kier alpha value is -2.53. The normalized spacial score (nSPS) is 10.9. The second-order valence-electron chi connectivity index (χ2n) is 4.65. The van der Waals surface area contributed by atoms with Crippen LogP contribution < -0.4 is 16.2 Å². The molecule has 0 aliphatic carbocycles. The molecule has 0 saturated heterocycles. The fraction of sp³-hybridized carbons (Fsp3) is 0.188. The molecule has 0 fully saturated rings. The summed E-state index contributed by atoms with van der Waals surface area (Å²) in [4.78, 5) is 11.8. The number of aromatic nitrogens is 1. The SMILES string of the molecule is NCc1ccccc1OCCn1c(=O)oc2ccccc21. The maximum atomic E-state index is 11.8. The third-order valence-corrected chi connectivity index (χ3v) is 3.34. The molecule has 5 heteroatoms. The number of hydrogen-bond donors (Lipinski definition) is 1. The first-order valence-electron chi connectivity index (χ1n) is 6.79. The Labute approximate surface area is 121 Å². The van der Waals surface area contributed by atoms with Gasteiger partial charge in [-0.05, 0) is 18.2 Å². The van der Waals surface area contributed by atoms with Gasteiger partial charge in [-0.1, -0.05) is 30.3 Å². The fourth-order valence-electron chi connectivity index (χ4n) is 2.29. The van der Waals surface area contributed by atoms with E-state index in [2.05, 4.69) is 0 Å². The Morgan fingerprint density at radius 2 is 1.86 bits per heavy atom. The third kappa shape index (κ3) is 2.68. The molecule has 5 nitrogen and oxygen atoms in total. The zero-order valence-electron chi connectivity index (χ0n) is 11.5. The highest BCUT2D eigenvalue weighted by molar-refractivity contribution is 5.72. The summed E-state index contributed by atoms with van der Waals surface area (Å²) in [6, 6.07) is 15.0. The highest BCUT2D eigenvalue weighted by Crippen LogP contribution is 2.17. The molecule has 0 bridgehead atoms. The van der Waals surface area contributed by atoms with Crippen molar-refractivity contribution in [3.63, 3.8) is 0 Å². The predicted molar refractivity (Wildman–Crippen MR) is 80.3 cm³/mol. The molecule has 0 saturated carbocycles. The first-order chi connectivity index (χ1) is 10.3. The van der Waals surface area contributed by atoms with Gasteiger partial charge in [0.1, 0.15) is 12.4 Å². The van der Waals surface area contributed by atoms with Gasteiger partial charge in [0.2, 0.25) is 0 Å². The summed E-state index contributed by atoms with van der Waals surface area (Å²) in [7, 11) is 0. The van der Waals surface area contributed by atoms with E-state index in [9.17, 15) is 4.79 Å². The van der Waals surface area contributed by atoms with Gasteiger partial charge in [-0.25, -0.2) is 4.79 Å². The van der Waals surface area contributed by atoms with Crippen LogP contribution >= 0.6 is 0 Å². The topological polar surface area (TPSA) is 70.4 Å². The minimum atomic E-state index is -0.369. The summed E-state index contributed by atoms with van der Waals surface area (Å²) in [5.74, 6) is 0.382. The molecular formula is C16H16N2O3. The van der Waals surface area contributed by atoms with E-state index >= 15 is 0 Å². The second kappa shape index (κ2) is 5.85. The zero-order chi connectivity index (χ0) is 14.7. The molecule has 1 heterocycles. The van der Waals surface area contributed by atoms with Crippen molar-refractivity contribution in [2.45, 2.75) is 13.1 Å². The zero-order valence-corrected chi connectivity index (χ0v) is 11.5. The van der Waals surface area contributed by atoms with Crippen molar-refractivity contribution < 1.29 is 9.15 Å². The van der Waals surface area contributed by atoms with E-state index in [0.29, 0.717) is 25.3 Å². The van der Waals surface area contributed by atoms with Crippen molar-refractivity contribution >= 4 is 11.1 Å². The number of rotatable bonds is 5. The Morgan fingerprint density at radius 3 is 2.71 bits per heavy atom. The van der Waals surface area contributed by atoms with Gasteiger partial charge >= 0.3 is 5.76 Å². The molecule has 1 aromatic heterocycles. The van der Waals surface area contributed by atoms with Crippen LogP contribution in [0.5, 0.6) is 5.75 Å². The van der Waals surface area contributed by atoms with Crippen LogP contribution in [0, 0.1) is 0 Å². The van der Waals surface area contributed by atoms with Gasteiger partial charge in [0, 0.05) is 12.1 Å². The number of benzene rings is 2. The Bertz CT molecular complexity index is 804. The monoisotopic (exact) mass is 284 g/mol. The summed E-state index contributed by atoms with van der Waals surface area (Å²) in [5.41, 5.74) is 7.98. The highest BCUT2D eigenvalue weighted by atomic mass is 16.5. The lowest BCUT2D eigenvalue weighted by Gasteiger charge is -2.10. The van der Waals surface area contributed by atoms with Crippen molar-refractivity contribution in [3.05, 3.63) is 64.6 Å². The second-order valence-corrected chi connectivity index (χ2v) is 4.65. The number of para-hydroxylation sites is 3. The van der Waals surface area contributed by atoms with Crippen molar-refractivity contribution in [1.82, 2.24) is 4.57 Å². The van der Waals surface area contributed by atoms with E-state index in [-0.39, 0.29) is 5.76 Å². The van der Waals surface area contributed by atoms with Crippen LogP contribution in [0.25, 0.3) is 11.1 Å². The van der Waals surface area contributed by atoms with E-state index in [0.717, 1.165) is 16.8 Å². The van der Waals surface area contributed by atoms with E-state index in [1.54, 1.807) is 10.6 Å². The van der Waals surface area contributed by atoms with E-state index < -0.39 is 0 Å². The fourth-order valence-corrected chi connectivity index (χ4v) is 2.29. The van der Waals surface area contributed by atoms with Crippen LogP contribution in [-0.4, -0.2) is 11.2 Å². The first kappa shape index (κ1) is 13.5. The summed E-state index contributed by atoms with van der Waals surface area (Å²) >= 11 is 0. The molecule has 0 unspecified atom stereocenters. The van der Waals surface area contributed by atoms with Gasteiger partial charge in [0.05, 0.1) is 12.1 Å². The standard InChI is InChI=1S/C16H16N2O3/c17-11-12-5-1-3-7-14(12)20-10-9-18-13-6-2-4-8-15(13)21-16(18)19/h1-8H,9-11,17H2. The lowest BCUT2D eigenvalue weighted by molar-refractivity contribution is 0.291. The lowest BCUT2D eigenvalue weighted by Crippen LogP contribution is -2.18. The van der Waals surface area contributed by atoms with Crippen LogP contribution in [0.2, 0.25) is 0 Å². The van der Waals surface area contributed by atoms with Crippen LogP contribution in [0.1, 0.15) is 5.56 Å². The van der Waals surface area contributed by atoms with Crippen molar-refractivity contribution in [2.75, 3.05) is 6.61 Å². The van der Waals surface area contributed by atoms with E-state index in [4.69, 9.17) is 14.9 Å². The average molecular weight is 284 g/mol. The van der Waals surface area contributed by atoms with Crippen LogP contribution in [0.3, 0.4) is 0 Å². The molecule has 21 heavy (non-hydrogen) atoms. The first-order valence-corrected chi connectivity index (χ1v) is 6.79. The Kier molecular flexibility index (Phi) is 3.75. The highest BCUT2D eigenvalue weighted by Gasteiger charge is 2.08. The van der Waals surface area contributed by atoms with Crippen molar-refractivity contribution in [1.29, 1.82) is 0 Å². The van der Waals surface area contributed by atoms with Gasteiger partial charge < -0.3 is 14.9 Å². The summed E-state index contributed by atoms with van der Waals surface area (Å²) in [5, 5.41) is 0. The molecule has 3 rings (SSSR count). The van der Waals surface area contributed by atoms with Crippen LogP contribution in [-0.2, 0) is 13.1 Å². The molecule has 0 aliphatic rings. The minimum Gasteiger partial charge on any atom is -0.491 e. The maximum Gasteiger partial charge on any atom is 0.420 e. The number of ether oxygens (including phenoxy) is 1. The molecule has 0 atom stereocenters. The molecule has 2 aromatic carbocycles. The Morgan fingerprint density at radius 1 is 1.10 bits per heavy atom. The molecule has 0 amide bonds. The third-order valence-electron chi connectivity index (χ3n) is 3.34. The summed E-state index contributed by atoms with van der Waals surface area (Å²) in [6.45, 7) is 1.22. The minimum absolute atomic E-state index is 0.369. The number of nitrogens with zero attached hydrogens (tertiary/aromatic N) is 1. The molecular weight excluding hydrogens is 268 g/mol. The van der Waals surface area contributed by atoms with Crippen LogP contribution in [0.4, 0.5) is 0 Å². The number of nitrogens with two attached hydrogens (primary N) is 1. The molecule has 2 N–H and O–H groups in total. The van der Waals surface area contributed by atoms with Crippen LogP contribution in [0.15, 0.2) is 57.7 Å². The molecule has 108 valence electrons. The van der Waals surface area contributed by atoms with Crippen molar-refractivity contribution in [3.8, 4) is 5.75 Å². The van der Waals surface area contributed by atoms with Gasteiger partial charge in [0.25, 0.3) is 0 Å². The maximum absolute atomic E-state index is 11.8.